The van der Waals surface area contributed by atoms with E-state index in [1.165, 1.54) is 38.5 Å². The van der Waals surface area contributed by atoms with Gasteiger partial charge in [0.05, 0.1) is 39.6 Å². The summed E-state index contributed by atoms with van der Waals surface area (Å²) in [6, 6.07) is 0. The molecule has 2 bridgehead atoms. The van der Waals surface area contributed by atoms with Crippen molar-refractivity contribution in [3.05, 3.63) is 0 Å². The summed E-state index contributed by atoms with van der Waals surface area (Å²) in [6.07, 6.45) is 7.78. The molecule has 0 aromatic heterocycles. The third kappa shape index (κ3) is 2.12. The molecule has 3 fully saturated rings. The molecule has 0 radical (unpaired) electrons. The molecule has 3 saturated carbocycles. The summed E-state index contributed by atoms with van der Waals surface area (Å²) in [4.78, 5) is 0. The van der Waals surface area contributed by atoms with Crippen LogP contribution in [0.2, 0.25) is 0 Å². The van der Waals surface area contributed by atoms with Crippen LogP contribution >= 0.6 is 0 Å². The third-order valence-corrected chi connectivity index (χ3v) is 6.33. The Bertz CT molecular complexity index is 334. The zero-order chi connectivity index (χ0) is 14.1. The van der Waals surface area contributed by atoms with Crippen molar-refractivity contribution in [3.63, 3.8) is 0 Å². The van der Waals surface area contributed by atoms with E-state index < -0.39 is 0 Å². The van der Waals surface area contributed by atoms with Crippen molar-refractivity contribution in [1.82, 2.24) is 0 Å². The maximum absolute atomic E-state index is 8.97. The number of aliphatic hydroxyl groups excluding tert-OH is 2. The third-order valence-electron chi connectivity index (χ3n) is 6.33. The van der Waals surface area contributed by atoms with Gasteiger partial charge in [0.15, 0.2) is 0 Å². The largest absolute Gasteiger partial charge is 0.394 e. The van der Waals surface area contributed by atoms with E-state index in [4.69, 9.17) is 19.7 Å². The van der Waals surface area contributed by atoms with Gasteiger partial charge in [0.2, 0.25) is 0 Å². The van der Waals surface area contributed by atoms with Crippen molar-refractivity contribution in [2.75, 3.05) is 39.6 Å². The molecule has 4 atom stereocenters. The Morgan fingerprint density at radius 3 is 2.45 bits per heavy atom. The highest BCUT2D eigenvalue weighted by Crippen LogP contribution is 2.72. The van der Waals surface area contributed by atoms with Crippen molar-refractivity contribution >= 4 is 0 Å². The first-order valence-electron chi connectivity index (χ1n) is 8.15. The summed E-state index contributed by atoms with van der Waals surface area (Å²) >= 11 is 0. The molecule has 2 N–H and O–H groups in total. The number of hydrogen-bond donors (Lipinski definition) is 2. The summed E-state index contributed by atoms with van der Waals surface area (Å²) < 4.78 is 11.6. The minimum absolute atomic E-state index is 0.108. The molecular weight excluding hydrogens is 256 g/mol. The van der Waals surface area contributed by atoms with Crippen LogP contribution < -0.4 is 0 Å². The van der Waals surface area contributed by atoms with E-state index in [1.807, 2.05) is 0 Å². The van der Waals surface area contributed by atoms with Gasteiger partial charge in [-0.15, -0.1) is 0 Å². The van der Waals surface area contributed by atoms with Gasteiger partial charge in [-0.25, -0.2) is 0 Å². The van der Waals surface area contributed by atoms with E-state index in [2.05, 4.69) is 0 Å². The molecule has 3 rings (SSSR count). The lowest BCUT2D eigenvalue weighted by Gasteiger charge is -2.48. The highest BCUT2D eigenvalue weighted by atomic mass is 16.5. The van der Waals surface area contributed by atoms with Gasteiger partial charge in [0, 0.05) is 10.8 Å². The lowest BCUT2D eigenvalue weighted by Crippen LogP contribution is -2.47. The Morgan fingerprint density at radius 1 is 0.950 bits per heavy atom. The summed E-state index contributed by atoms with van der Waals surface area (Å²) in [5.41, 5.74) is 0.546. The second-order valence-corrected chi connectivity index (χ2v) is 6.99. The standard InChI is InChI=1S/C16H28O4/c17-6-8-19-11-15-5-3-13(10-15)14-2-1-4-16(14,15)12-20-9-7-18/h13-14,17-18H,1-12H2. The first kappa shape index (κ1) is 14.8. The predicted octanol–water partition coefficient (Wildman–Crippen LogP) is 1.59. The van der Waals surface area contributed by atoms with Gasteiger partial charge in [0.1, 0.15) is 0 Å². The second kappa shape index (κ2) is 5.91. The molecule has 3 aliphatic rings. The van der Waals surface area contributed by atoms with E-state index >= 15 is 0 Å². The fourth-order valence-corrected chi connectivity index (χ4v) is 5.67. The predicted molar refractivity (Wildman–Crippen MR) is 75.4 cm³/mol. The van der Waals surface area contributed by atoms with Gasteiger partial charge in [-0.1, -0.05) is 6.42 Å². The molecule has 4 nitrogen and oxygen atoms in total. The fourth-order valence-electron chi connectivity index (χ4n) is 5.67. The molecule has 0 amide bonds. The molecule has 0 spiro atoms. The zero-order valence-corrected chi connectivity index (χ0v) is 12.4. The number of ether oxygens (including phenoxy) is 2. The molecule has 4 heteroatoms. The maximum Gasteiger partial charge on any atom is 0.0697 e. The van der Waals surface area contributed by atoms with E-state index in [0.717, 1.165) is 25.0 Å². The Balaban J connectivity index is 1.75. The molecule has 4 unspecified atom stereocenters. The van der Waals surface area contributed by atoms with Crippen LogP contribution in [-0.4, -0.2) is 49.9 Å². The van der Waals surface area contributed by atoms with E-state index in [9.17, 15) is 0 Å². The van der Waals surface area contributed by atoms with E-state index in [1.54, 1.807) is 0 Å². The molecular formula is C16H28O4. The lowest BCUT2D eigenvalue weighted by molar-refractivity contribution is -0.101. The molecule has 116 valence electrons. The average molecular weight is 284 g/mol. The van der Waals surface area contributed by atoms with Gasteiger partial charge < -0.3 is 19.7 Å². The van der Waals surface area contributed by atoms with Crippen molar-refractivity contribution < 1.29 is 19.7 Å². The van der Waals surface area contributed by atoms with Gasteiger partial charge in [0.25, 0.3) is 0 Å². The van der Waals surface area contributed by atoms with Gasteiger partial charge >= 0.3 is 0 Å². The van der Waals surface area contributed by atoms with Gasteiger partial charge in [-0.2, -0.15) is 0 Å². The Kier molecular flexibility index (Phi) is 4.37. The molecule has 0 saturated heterocycles. The maximum atomic E-state index is 8.97. The molecule has 20 heavy (non-hydrogen) atoms. The molecule has 0 aromatic carbocycles. The average Bonchev–Trinajstić information content (AvgIpc) is 3.09. The van der Waals surface area contributed by atoms with Crippen LogP contribution in [-0.2, 0) is 9.47 Å². The number of aliphatic hydroxyl groups is 2. The number of rotatable bonds is 8. The van der Waals surface area contributed by atoms with Crippen molar-refractivity contribution in [2.45, 2.75) is 38.5 Å². The topological polar surface area (TPSA) is 58.9 Å². The van der Waals surface area contributed by atoms with Gasteiger partial charge in [-0.05, 0) is 43.9 Å². The number of hydrogen-bond acceptors (Lipinski definition) is 4. The minimum atomic E-state index is 0.108. The van der Waals surface area contributed by atoms with Crippen LogP contribution in [0.3, 0.4) is 0 Å². The first-order chi connectivity index (χ1) is 9.78. The summed E-state index contributed by atoms with van der Waals surface area (Å²) in [5, 5.41) is 17.9. The van der Waals surface area contributed by atoms with Crippen LogP contribution in [0, 0.1) is 22.7 Å². The monoisotopic (exact) mass is 284 g/mol. The zero-order valence-electron chi connectivity index (χ0n) is 12.4. The SMILES string of the molecule is OCCOCC12CCC(C1)C1CCCC12COCCO. The molecule has 0 aromatic rings. The normalized spacial score (nSPS) is 42.3. The Morgan fingerprint density at radius 2 is 1.70 bits per heavy atom. The highest BCUT2D eigenvalue weighted by Gasteiger charge is 2.67. The smallest absolute Gasteiger partial charge is 0.0697 e. The fraction of sp³-hybridized carbons (Fsp3) is 1.00. The van der Waals surface area contributed by atoms with Gasteiger partial charge in [-0.3, -0.25) is 0 Å². The van der Waals surface area contributed by atoms with Crippen LogP contribution in [0.15, 0.2) is 0 Å². The van der Waals surface area contributed by atoms with E-state index in [-0.39, 0.29) is 24.0 Å². The van der Waals surface area contributed by atoms with Crippen LogP contribution in [0.4, 0.5) is 0 Å². The lowest BCUT2D eigenvalue weighted by atomic mass is 9.60. The summed E-state index contributed by atoms with van der Waals surface area (Å²) in [7, 11) is 0. The number of fused-ring (bicyclic) bond motifs is 5. The quantitative estimate of drug-likeness (QED) is 0.665. The van der Waals surface area contributed by atoms with Crippen LogP contribution in [0.25, 0.3) is 0 Å². The van der Waals surface area contributed by atoms with Crippen molar-refractivity contribution in [3.8, 4) is 0 Å². The van der Waals surface area contributed by atoms with Crippen LogP contribution in [0.1, 0.15) is 38.5 Å². The highest BCUT2D eigenvalue weighted by molar-refractivity contribution is 5.16. The van der Waals surface area contributed by atoms with Crippen LogP contribution in [0.5, 0.6) is 0 Å². The summed E-state index contributed by atoms with van der Waals surface area (Å²) in [6.45, 7) is 2.69. The minimum Gasteiger partial charge on any atom is -0.394 e. The molecule has 0 heterocycles. The van der Waals surface area contributed by atoms with E-state index in [0.29, 0.717) is 13.2 Å². The van der Waals surface area contributed by atoms with Crippen molar-refractivity contribution in [2.24, 2.45) is 22.7 Å². The Hall–Kier alpha value is -0.160. The first-order valence-corrected chi connectivity index (χ1v) is 8.15. The Labute approximate surface area is 121 Å². The molecule has 0 aliphatic heterocycles. The summed E-state index contributed by atoms with van der Waals surface area (Å²) in [5.74, 6) is 1.65. The second-order valence-electron chi connectivity index (χ2n) is 6.99. The van der Waals surface area contributed by atoms with Crippen molar-refractivity contribution in [1.29, 1.82) is 0 Å². The molecule has 3 aliphatic carbocycles.